The molecule has 0 aliphatic rings. The number of carbonyl (C=O) groups is 2. The van der Waals surface area contributed by atoms with E-state index < -0.39 is 18.0 Å². The van der Waals surface area contributed by atoms with Crippen molar-refractivity contribution in [2.45, 2.75) is 13.0 Å². The van der Waals surface area contributed by atoms with Gasteiger partial charge >= 0.3 is 11.9 Å². The van der Waals surface area contributed by atoms with Crippen molar-refractivity contribution < 1.29 is 28.5 Å². The summed E-state index contributed by atoms with van der Waals surface area (Å²) in [7, 11) is 2.86. The molecule has 88 valence electrons. The number of hydrogen-bond acceptors (Lipinski definition) is 6. The molecule has 6 heteroatoms. The van der Waals surface area contributed by atoms with Crippen LogP contribution in [0.25, 0.3) is 0 Å². The van der Waals surface area contributed by atoms with Gasteiger partial charge in [-0.25, -0.2) is 9.59 Å². The highest BCUT2D eigenvalue weighted by Crippen LogP contribution is 1.96. The fourth-order valence-corrected chi connectivity index (χ4v) is 0.740. The smallest absolute Gasteiger partial charge is 0.347 e. The predicted octanol–water partition coefficient (Wildman–Crippen LogP) is -0.246. The summed E-state index contributed by atoms with van der Waals surface area (Å²) in [6.45, 7) is 1.70. The monoisotopic (exact) mass is 220 g/mol. The Morgan fingerprint density at radius 2 is 1.80 bits per heavy atom. The highest BCUT2D eigenvalue weighted by Gasteiger charge is 2.18. The lowest BCUT2D eigenvalue weighted by molar-refractivity contribution is -0.169. The van der Waals surface area contributed by atoms with Gasteiger partial charge in [0.05, 0.1) is 6.61 Å². The molecule has 0 saturated carbocycles. The van der Waals surface area contributed by atoms with Crippen molar-refractivity contribution in [2.24, 2.45) is 0 Å². The third-order valence-corrected chi connectivity index (χ3v) is 1.43. The molecular weight excluding hydrogens is 204 g/mol. The van der Waals surface area contributed by atoms with E-state index >= 15 is 0 Å². The van der Waals surface area contributed by atoms with Gasteiger partial charge in [-0.3, -0.25) is 0 Å². The Labute approximate surface area is 88.4 Å². The maximum Gasteiger partial charge on any atom is 0.347 e. The van der Waals surface area contributed by atoms with E-state index in [2.05, 4.69) is 9.47 Å². The zero-order chi connectivity index (χ0) is 11.7. The molecule has 0 radical (unpaired) electrons. The van der Waals surface area contributed by atoms with E-state index in [-0.39, 0.29) is 13.2 Å². The molecule has 0 N–H and O–H groups in total. The molecule has 0 saturated heterocycles. The van der Waals surface area contributed by atoms with Crippen molar-refractivity contribution in [3.05, 3.63) is 0 Å². The topological polar surface area (TPSA) is 71.1 Å². The molecule has 0 fully saturated rings. The first-order valence-corrected chi connectivity index (χ1v) is 4.45. The number of methoxy groups -OCH3 is 2. The Balaban J connectivity index is 3.73. The molecule has 15 heavy (non-hydrogen) atoms. The van der Waals surface area contributed by atoms with Gasteiger partial charge < -0.3 is 18.9 Å². The maximum absolute atomic E-state index is 11.2. The van der Waals surface area contributed by atoms with Gasteiger partial charge in [0.1, 0.15) is 13.2 Å². The standard InChI is InChI=1S/C9H16O6/c1-7(15-8(10)6-13-3)9(11)14-5-4-12-2/h7H,4-6H2,1-3H3. The molecule has 0 spiro atoms. The van der Waals surface area contributed by atoms with E-state index in [1.165, 1.54) is 21.1 Å². The van der Waals surface area contributed by atoms with Gasteiger partial charge in [-0.05, 0) is 6.92 Å². The summed E-state index contributed by atoms with van der Waals surface area (Å²) in [5.41, 5.74) is 0. The fourth-order valence-electron chi connectivity index (χ4n) is 0.740. The molecule has 1 atom stereocenters. The maximum atomic E-state index is 11.2. The van der Waals surface area contributed by atoms with Crippen LogP contribution in [0.2, 0.25) is 0 Å². The molecule has 0 rings (SSSR count). The predicted molar refractivity (Wildman–Crippen MR) is 50.3 cm³/mol. The Bertz CT molecular complexity index is 203. The lowest BCUT2D eigenvalue weighted by atomic mass is 10.4. The molecule has 6 nitrogen and oxygen atoms in total. The summed E-state index contributed by atoms with van der Waals surface area (Å²) < 4.78 is 18.7. The molecule has 1 unspecified atom stereocenters. The molecule has 0 aromatic heterocycles. The minimum atomic E-state index is -0.926. The molecule has 0 aromatic carbocycles. The van der Waals surface area contributed by atoms with E-state index in [0.29, 0.717) is 6.61 Å². The summed E-state index contributed by atoms with van der Waals surface area (Å²) in [6.07, 6.45) is -0.926. The summed E-state index contributed by atoms with van der Waals surface area (Å²) in [6, 6.07) is 0. The Kier molecular flexibility index (Phi) is 7.57. The van der Waals surface area contributed by atoms with E-state index in [0.717, 1.165) is 0 Å². The van der Waals surface area contributed by atoms with E-state index in [1.54, 1.807) is 0 Å². The Morgan fingerprint density at radius 1 is 1.13 bits per heavy atom. The van der Waals surface area contributed by atoms with Crippen molar-refractivity contribution in [1.29, 1.82) is 0 Å². The number of ether oxygens (including phenoxy) is 4. The summed E-state index contributed by atoms with van der Waals surface area (Å²) in [4.78, 5) is 22.1. The second-order valence-corrected chi connectivity index (χ2v) is 2.73. The minimum absolute atomic E-state index is 0.140. The molecule has 0 aliphatic heterocycles. The molecule has 0 amide bonds. The van der Waals surface area contributed by atoms with Crippen LogP contribution >= 0.6 is 0 Å². The van der Waals surface area contributed by atoms with E-state index in [9.17, 15) is 9.59 Å². The largest absolute Gasteiger partial charge is 0.461 e. The molecule has 0 aliphatic carbocycles. The van der Waals surface area contributed by atoms with Gasteiger partial charge in [-0.15, -0.1) is 0 Å². The average molecular weight is 220 g/mol. The number of rotatable bonds is 7. The van der Waals surface area contributed by atoms with Crippen LogP contribution in [-0.4, -0.2) is 52.1 Å². The van der Waals surface area contributed by atoms with Gasteiger partial charge in [-0.2, -0.15) is 0 Å². The SMILES string of the molecule is COCCOC(=O)C(C)OC(=O)COC. The third kappa shape index (κ3) is 6.87. The van der Waals surface area contributed by atoms with Gasteiger partial charge in [0.25, 0.3) is 0 Å². The number of carbonyl (C=O) groups excluding carboxylic acids is 2. The Morgan fingerprint density at radius 3 is 2.33 bits per heavy atom. The lowest BCUT2D eigenvalue weighted by Gasteiger charge is -2.11. The van der Waals surface area contributed by atoms with Crippen molar-refractivity contribution in [1.82, 2.24) is 0 Å². The van der Waals surface area contributed by atoms with Crippen LogP contribution in [0.1, 0.15) is 6.92 Å². The second kappa shape index (κ2) is 8.19. The zero-order valence-corrected chi connectivity index (χ0v) is 9.15. The van der Waals surface area contributed by atoms with Crippen LogP contribution in [0, 0.1) is 0 Å². The van der Waals surface area contributed by atoms with Crippen molar-refractivity contribution >= 4 is 11.9 Å². The summed E-state index contributed by atoms with van der Waals surface area (Å²) >= 11 is 0. The first kappa shape index (κ1) is 13.9. The van der Waals surface area contributed by atoms with Gasteiger partial charge in [0, 0.05) is 14.2 Å². The first-order chi connectivity index (χ1) is 7.11. The van der Waals surface area contributed by atoms with Crippen LogP contribution in [0.4, 0.5) is 0 Å². The molecule has 0 bridgehead atoms. The van der Waals surface area contributed by atoms with Crippen LogP contribution < -0.4 is 0 Å². The van der Waals surface area contributed by atoms with Crippen LogP contribution in [0.5, 0.6) is 0 Å². The third-order valence-electron chi connectivity index (χ3n) is 1.43. The van der Waals surface area contributed by atoms with Crippen LogP contribution in [0.3, 0.4) is 0 Å². The van der Waals surface area contributed by atoms with E-state index in [4.69, 9.17) is 9.47 Å². The van der Waals surface area contributed by atoms with Crippen molar-refractivity contribution in [3.8, 4) is 0 Å². The van der Waals surface area contributed by atoms with Gasteiger partial charge in [-0.1, -0.05) is 0 Å². The molecule has 0 aromatic rings. The second-order valence-electron chi connectivity index (χ2n) is 2.73. The van der Waals surface area contributed by atoms with E-state index in [1.807, 2.05) is 0 Å². The highest BCUT2D eigenvalue weighted by atomic mass is 16.6. The van der Waals surface area contributed by atoms with Crippen LogP contribution in [-0.2, 0) is 28.5 Å². The summed E-state index contributed by atoms with van der Waals surface area (Å²) in [5.74, 6) is -1.20. The van der Waals surface area contributed by atoms with Crippen molar-refractivity contribution in [2.75, 3.05) is 34.0 Å². The van der Waals surface area contributed by atoms with Crippen LogP contribution in [0.15, 0.2) is 0 Å². The Hall–Kier alpha value is -1.14. The van der Waals surface area contributed by atoms with Gasteiger partial charge in [0.15, 0.2) is 6.10 Å². The number of hydrogen-bond donors (Lipinski definition) is 0. The summed E-state index contributed by atoms with van der Waals surface area (Å²) in [5, 5.41) is 0. The highest BCUT2D eigenvalue weighted by molar-refractivity contribution is 5.79. The zero-order valence-electron chi connectivity index (χ0n) is 9.15. The van der Waals surface area contributed by atoms with Crippen molar-refractivity contribution in [3.63, 3.8) is 0 Å². The van der Waals surface area contributed by atoms with Gasteiger partial charge in [0.2, 0.25) is 0 Å². The first-order valence-electron chi connectivity index (χ1n) is 4.45. The molecule has 0 heterocycles. The minimum Gasteiger partial charge on any atom is -0.461 e. The fraction of sp³-hybridized carbons (Fsp3) is 0.778. The number of esters is 2. The normalized spacial score (nSPS) is 11.9. The molecular formula is C9H16O6. The average Bonchev–Trinajstić information content (AvgIpc) is 2.18. The quantitative estimate of drug-likeness (QED) is 0.435. The lowest BCUT2D eigenvalue weighted by Crippen LogP contribution is -2.28.